The van der Waals surface area contributed by atoms with Crippen LogP contribution in [-0.2, 0) is 0 Å². The van der Waals surface area contributed by atoms with E-state index in [-0.39, 0.29) is 0 Å². The lowest BCUT2D eigenvalue weighted by atomic mass is 9.97. The molecule has 2 nitrogen and oxygen atoms in total. The maximum atomic E-state index is 2.43. The third kappa shape index (κ3) is 6.58. The van der Waals surface area contributed by atoms with Crippen molar-refractivity contribution < 1.29 is 0 Å². The van der Waals surface area contributed by atoms with Crippen LogP contribution >= 0.6 is 11.3 Å². The van der Waals surface area contributed by atoms with Crippen LogP contribution in [0, 0.1) is 0 Å². The number of thiophene rings is 1. The van der Waals surface area contributed by atoms with E-state index in [1.807, 2.05) is 11.3 Å². The summed E-state index contributed by atoms with van der Waals surface area (Å²) in [4.78, 5) is 2.38. The van der Waals surface area contributed by atoms with Crippen LogP contribution in [0.1, 0.15) is 0 Å². The van der Waals surface area contributed by atoms with Crippen molar-refractivity contribution in [2.24, 2.45) is 0 Å². The molecule has 10 aromatic carbocycles. The van der Waals surface area contributed by atoms with Crippen molar-refractivity contribution in [3.63, 3.8) is 0 Å². The van der Waals surface area contributed by atoms with E-state index in [4.69, 9.17) is 0 Å². The van der Waals surface area contributed by atoms with Crippen LogP contribution < -0.4 is 4.90 Å². The first-order valence-corrected chi connectivity index (χ1v) is 22.3. The van der Waals surface area contributed by atoms with E-state index >= 15 is 0 Å². The molecular formula is C60H40N2S. The molecule has 3 heteroatoms. The zero-order valence-corrected chi connectivity index (χ0v) is 35.2. The average molecular weight is 821 g/mol. The number of rotatable bonds is 8. The van der Waals surface area contributed by atoms with Gasteiger partial charge >= 0.3 is 0 Å². The molecule has 12 aromatic rings. The smallest absolute Gasteiger partial charge is 0.0541 e. The molecule has 12 rings (SSSR count). The lowest BCUT2D eigenvalue weighted by Crippen LogP contribution is -2.11. The van der Waals surface area contributed by atoms with Gasteiger partial charge in [-0.25, -0.2) is 0 Å². The van der Waals surface area contributed by atoms with E-state index in [9.17, 15) is 0 Å². The minimum absolute atomic E-state index is 1.10. The fourth-order valence-corrected chi connectivity index (χ4v) is 10.4. The summed E-state index contributed by atoms with van der Waals surface area (Å²) in [6.07, 6.45) is 0. The number of nitrogens with zero attached hydrogens (tertiary/aromatic N) is 2. The second kappa shape index (κ2) is 15.5. The fraction of sp³-hybridized carbons (Fsp3) is 0. The van der Waals surface area contributed by atoms with E-state index < -0.39 is 0 Å². The molecule has 63 heavy (non-hydrogen) atoms. The van der Waals surface area contributed by atoms with Crippen molar-refractivity contribution in [3.8, 4) is 50.2 Å². The van der Waals surface area contributed by atoms with Gasteiger partial charge in [-0.15, -0.1) is 11.3 Å². The Bertz CT molecular complexity index is 3600. The number of para-hydroxylation sites is 3. The normalized spacial score (nSPS) is 11.5. The molecule has 0 unspecified atom stereocenters. The number of benzene rings is 10. The van der Waals surface area contributed by atoms with Gasteiger partial charge in [-0.1, -0.05) is 170 Å². The second-order valence-corrected chi connectivity index (χ2v) is 17.2. The quantitative estimate of drug-likeness (QED) is 0.148. The van der Waals surface area contributed by atoms with Crippen molar-refractivity contribution in [3.05, 3.63) is 243 Å². The monoisotopic (exact) mass is 820 g/mol. The van der Waals surface area contributed by atoms with Gasteiger partial charge in [-0.3, -0.25) is 0 Å². The van der Waals surface area contributed by atoms with Gasteiger partial charge in [-0.05, 0) is 112 Å². The molecule has 0 radical (unpaired) electrons. The van der Waals surface area contributed by atoms with Crippen LogP contribution in [0.2, 0.25) is 0 Å². The topological polar surface area (TPSA) is 8.17 Å². The van der Waals surface area contributed by atoms with Crippen LogP contribution in [0.4, 0.5) is 17.1 Å². The molecule has 0 spiro atoms. The molecule has 0 bridgehead atoms. The van der Waals surface area contributed by atoms with Gasteiger partial charge in [0.15, 0.2) is 0 Å². The number of aromatic nitrogens is 1. The summed E-state index contributed by atoms with van der Waals surface area (Å²) in [5.74, 6) is 0. The van der Waals surface area contributed by atoms with Gasteiger partial charge in [-0.2, -0.15) is 0 Å². The van der Waals surface area contributed by atoms with Crippen LogP contribution in [0.15, 0.2) is 243 Å². The third-order valence-corrected chi connectivity index (χ3v) is 13.6. The van der Waals surface area contributed by atoms with Gasteiger partial charge < -0.3 is 9.47 Å². The second-order valence-electron chi connectivity index (χ2n) is 16.1. The van der Waals surface area contributed by atoms with Crippen LogP contribution in [0.5, 0.6) is 0 Å². The maximum absolute atomic E-state index is 2.43. The highest BCUT2D eigenvalue weighted by molar-refractivity contribution is 7.25. The molecule has 0 saturated carbocycles. The molecule has 2 heterocycles. The van der Waals surface area contributed by atoms with E-state index in [0.29, 0.717) is 0 Å². The summed E-state index contributed by atoms with van der Waals surface area (Å²) in [5.41, 5.74) is 16.5. The molecule has 0 fully saturated rings. The first kappa shape index (κ1) is 36.8. The average Bonchev–Trinajstić information content (AvgIpc) is 3.90. The summed E-state index contributed by atoms with van der Waals surface area (Å²) >= 11 is 1.86. The van der Waals surface area contributed by atoms with Crippen LogP contribution in [-0.4, -0.2) is 4.57 Å². The first-order chi connectivity index (χ1) is 31.2. The predicted molar refractivity (Wildman–Crippen MR) is 270 cm³/mol. The summed E-state index contributed by atoms with van der Waals surface area (Å²) in [5, 5.41) is 5.14. The Kier molecular flexibility index (Phi) is 9.06. The van der Waals surface area contributed by atoms with Crippen molar-refractivity contribution in [1.82, 2.24) is 4.57 Å². The summed E-state index contributed by atoms with van der Waals surface area (Å²) in [7, 11) is 0. The molecule has 0 aliphatic carbocycles. The fourth-order valence-electron chi connectivity index (χ4n) is 9.35. The zero-order valence-electron chi connectivity index (χ0n) is 34.4. The molecule has 0 amide bonds. The third-order valence-electron chi connectivity index (χ3n) is 12.4. The van der Waals surface area contributed by atoms with Crippen molar-refractivity contribution in [2.45, 2.75) is 0 Å². The molecule has 0 atom stereocenters. The highest BCUT2D eigenvalue weighted by Gasteiger charge is 2.19. The molecule has 0 aliphatic rings. The predicted octanol–water partition coefficient (Wildman–Crippen LogP) is 17.3. The Morgan fingerprint density at radius 1 is 0.302 bits per heavy atom. The Labute approximate surface area is 370 Å². The Morgan fingerprint density at radius 2 is 0.841 bits per heavy atom. The SMILES string of the molecule is c1ccc(-c2ccc(-c3ccccc3N(c3ccccc3)c3cccc(-c4ccc(-c5ccc6c(c5)c5ccccc5n6-c5ccc6sc7ccccc7c6c5)cc4)c3)cc2)cc1. The Hall–Kier alpha value is -7.98. The number of hydrogen-bond donors (Lipinski definition) is 0. The summed E-state index contributed by atoms with van der Waals surface area (Å²) < 4.78 is 5.07. The first-order valence-electron chi connectivity index (χ1n) is 21.5. The van der Waals surface area contributed by atoms with Crippen molar-refractivity contribution >= 4 is 70.4 Å². The van der Waals surface area contributed by atoms with E-state index in [1.54, 1.807) is 0 Å². The summed E-state index contributed by atoms with van der Waals surface area (Å²) in [6, 6.07) is 88.3. The van der Waals surface area contributed by atoms with E-state index in [0.717, 1.165) is 17.1 Å². The van der Waals surface area contributed by atoms with Gasteiger partial charge in [0.2, 0.25) is 0 Å². The molecule has 296 valence electrons. The van der Waals surface area contributed by atoms with Gasteiger partial charge in [0.05, 0.1) is 16.7 Å². The van der Waals surface area contributed by atoms with Gasteiger partial charge in [0.1, 0.15) is 0 Å². The van der Waals surface area contributed by atoms with Gasteiger partial charge in [0.25, 0.3) is 0 Å². The largest absolute Gasteiger partial charge is 0.310 e. The molecule has 0 aliphatic heterocycles. The zero-order chi connectivity index (χ0) is 41.7. The minimum atomic E-state index is 1.10. The lowest BCUT2D eigenvalue weighted by Gasteiger charge is -2.28. The van der Waals surface area contributed by atoms with E-state index in [2.05, 4.69) is 252 Å². The number of hydrogen-bond acceptors (Lipinski definition) is 2. The highest BCUT2D eigenvalue weighted by atomic mass is 32.1. The molecular weight excluding hydrogens is 781 g/mol. The molecule has 2 aromatic heterocycles. The summed E-state index contributed by atoms with van der Waals surface area (Å²) in [6.45, 7) is 0. The van der Waals surface area contributed by atoms with E-state index in [1.165, 1.54) is 92.2 Å². The van der Waals surface area contributed by atoms with Crippen molar-refractivity contribution in [2.75, 3.05) is 4.90 Å². The lowest BCUT2D eigenvalue weighted by molar-refractivity contribution is 1.19. The molecule has 0 N–H and O–H groups in total. The minimum Gasteiger partial charge on any atom is -0.310 e. The Balaban J connectivity index is 0.889. The van der Waals surface area contributed by atoms with Gasteiger partial charge in [0, 0.05) is 53.6 Å². The maximum Gasteiger partial charge on any atom is 0.0541 e. The number of fused-ring (bicyclic) bond motifs is 6. The highest BCUT2D eigenvalue weighted by Crippen LogP contribution is 2.43. The van der Waals surface area contributed by atoms with Crippen LogP contribution in [0.3, 0.4) is 0 Å². The Morgan fingerprint density at radius 3 is 1.63 bits per heavy atom. The standard InChI is InChI=1S/C60H40N2S/c1-3-14-41(15-4-1)42-30-32-45(33-31-42)51-20-7-10-23-56(51)61(48-17-5-2-6-18-48)49-19-13-16-46(38-49)43-26-28-44(29-27-43)47-34-36-58-54(39-47)52-21-8-11-24-57(52)62(58)50-35-37-60-55(40-50)53-22-9-12-25-59(53)63-60/h1-40H. The molecule has 0 saturated heterocycles. The van der Waals surface area contributed by atoms with Crippen molar-refractivity contribution in [1.29, 1.82) is 0 Å². The number of anilines is 3. The van der Waals surface area contributed by atoms with Crippen LogP contribution in [0.25, 0.3) is 92.2 Å².